The van der Waals surface area contributed by atoms with E-state index in [1.165, 1.54) is 66.4 Å². The SMILES string of the molecule is CC(C)(C)c1ccc2c(c1-n1c3ccccc3c3ccccc31)-c1ccc(N(c3ccccc3)c3ccc(-c4ccccc4)cc3)cc1C2(C)C. The topological polar surface area (TPSA) is 8.17 Å². The van der Waals surface area contributed by atoms with Crippen LogP contribution in [0.2, 0.25) is 0 Å². The van der Waals surface area contributed by atoms with Crippen molar-refractivity contribution in [2.45, 2.75) is 45.4 Å². The number of rotatable bonds is 5. The Hall–Kier alpha value is -5.86. The predicted molar refractivity (Wildman–Crippen MR) is 217 cm³/mol. The molecule has 8 aromatic rings. The van der Waals surface area contributed by atoms with E-state index in [1.54, 1.807) is 0 Å². The van der Waals surface area contributed by atoms with Crippen molar-refractivity contribution in [1.82, 2.24) is 4.57 Å². The van der Waals surface area contributed by atoms with Crippen molar-refractivity contribution in [2.75, 3.05) is 4.90 Å². The van der Waals surface area contributed by atoms with Gasteiger partial charge in [-0.1, -0.05) is 150 Å². The molecule has 0 aliphatic heterocycles. The van der Waals surface area contributed by atoms with Gasteiger partial charge in [0.25, 0.3) is 0 Å². The molecule has 2 nitrogen and oxygen atoms in total. The van der Waals surface area contributed by atoms with Crippen LogP contribution in [0.1, 0.15) is 51.3 Å². The summed E-state index contributed by atoms with van der Waals surface area (Å²) in [4.78, 5) is 2.39. The number of aromatic nitrogens is 1. The predicted octanol–water partition coefficient (Wildman–Crippen LogP) is 13.5. The average molecular weight is 659 g/mol. The van der Waals surface area contributed by atoms with E-state index in [1.807, 2.05) is 0 Å². The zero-order chi connectivity index (χ0) is 34.9. The summed E-state index contributed by atoms with van der Waals surface area (Å²) in [5.74, 6) is 0. The molecule has 0 saturated carbocycles. The third kappa shape index (κ3) is 4.93. The third-order valence-electron chi connectivity index (χ3n) is 10.9. The van der Waals surface area contributed by atoms with Gasteiger partial charge in [0.05, 0.1) is 16.7 Å². The summed E-state index contributed by atoms with van der Waals surface area (Å²) in [5.41, 5.74) is 16.1. The zero-order valence-electron chi connectivity index (χ0n) is 30.0. The van der Waals surface area contributed by atoms with Crippen LogP contribution in [-0.2, 0) is 10.8 Å². The highest BCUT2D eigenvalue weighted by atomic mass is 15.1. The number of hydrogen-bond acceptors (Lipinski definition) is 1. The van der Waals surface area contributed by atoms with Crippen LogP contribution in [0.3, 0.4) is 0 Å². The molecular formula is C49H42N2. The summed E-state index contributed by atoms with van der Waals surface area (Å²) in [5, 5.41) is 2.57. The highest BCUT2D eigenvalue weighted by Gasteiger charge is 2.40. The van der Waals surface area contributed by atoms with Gasteiger partial charge in [-0.15, -0.1) is 0 Å². The van der Waals surface area contributed by atoms with Crippen molar-refractivity contribution in [3.05, 3.63) is 180 Å². The Morgan fingerprint density at radius 3 is 1.65 bits per heavy atom. The molecule has 1 aliphatic rings. The molecule has 0 fully saturated rings. The van der Waals surface area contributed by atoms with Crippen LogP contribution in [0.4, 0.5) is 17.1 Å². The van der Waals surface area contributed by atoms with Gasteiger partial charge < -0.3 is 9.47 Å². The minimum atomic E-state index is -0.204. The fourth-order valence-electron chi connectivity index (χ4n) is 8.39. The van der Waals surface area contributed by atoms with Gasteiger partial charge in [-0.2, -0.15) is 0 Å². The number of fused-ring (bicyclic) bond motifs is 6. The molecule has 248 valence electrons. The maximum Gasteiger partial charge on any atom is 0.0581 e. The molecule has 0 spiro atoms. The molecule has 2 heteroatoms. The maximum absolute atomic E-state index is 2.55. The molecule has 0 atom stereocenters. The smallest absolute Gasteiger partial charge is 0.0581 e. The number of para-hydroxylation sites is 3. The van der Waals surface area contributed by atoms with Crippen molar-refractivity contribution in [2.24, 2.45) is 0 Å². The summed E-state index contributed by atoms with van der Waals surface area (Å²) in [6.45, 7) is 11.8. The molecule has 0 unspecified atom stereocenters. The highest BCUT2D eigenvalue weighted by Crippen LogP contribution is 2.55. The molecular weight excluding hydrogens is 617 g/mol. The Balaban J connectivity index is 1.27. The first-order valence-electron chi connectivity index (χ1n) is 18.0. The second-order valence-electron chi connectivity index (χ2n) is 15.4. The van der Waals surface area contributed by atoms with Crippen LogP contribution in [-0.4, -0.2) is 4.57 Å². The first kappa shape index (κ1) is 31.1. The van der Waals surface area contributed by atoms with E-state index in [2.05, 4.69) is 208 Å². The average Bonchev–Trinajstić information content (AvgIpc) is 3.60. The molecule has 0 saturated heterocycles. The van der Waals surface area contributed by atoms with Crippen molar-refractivity contribution in [3.8, 4) is 27.9 Å². The van der Waals surface area contributed by atoms with E-state index < -0.39 is 0 Å². The number of anilines is 3. The first-order valence-corrected chi connectivity index (χ1v) is 18.0. The van der Waals surface area contributed by atoms with E-state index in [0.29, 0.717) is 0 Å². The van der Waals surface area contributed by atoms with Gasteiger partial charge in [0, 0.05) is 38.8 Å². The Bertz CT molecular complexity index is 2510. The number of nitrogens with zero attached hydrogens (tertiary/aromatic N) is 2. The third-order valence-corrected chi connectivity index (χ3v) is 10.9. The number of benzene rings is 7. The second kappa shape index (κ2) is 11.6. The van der Waals surface area contributed by atoms with Crippen LogP contribution < -0.4 is 4.90 Å². The maximum atomic E-state index is 2.55. The van der Waals surface area contributed by atoms with E-state index in [9.17, 15) is 0 Å². The van der Waals surface area contributed by atoms with Crippen molar-refractivity contribution < 1.29 is 0 Å². The lowest BCUT2D eigenvalue weighted by Gasteiger charge is -2.29. The van der Waals surface area contributed by atoms with Gasteiger partial charge in [0.1, 0.15) is 0 Å². The van der Waals surface area contributed by atoms with E-state index in [-0.39, 0.29) is 10.8 Å². The fourth-order valence-corrected chi connectivity index (χ4v) is 8.39. The van der Waals surface area contributed by atoms with E-state index in [4.69, 9.17) is 0 Å². The monoisotopic (exact) mass is 658 g/mol. The largest absolute Gasteiger partial charge is 0.310 e. The Kier molecular flexibility index (Phi) is 7.09. The summed E-state index contributed by atoms with van der Waals surface area (Å²) < 4.78 is 2.55. The highest BCUT2D eigenvalue weighted by molar-refractivity contribution is 6.10. The van der Waals surface area contributed by atoms with Gasteiger partial charge in [0.15, 0.2) is 0 Å². The minimum absolute atomic E-state index is 0.0697. The molecule has 51 heavy (non-hydrogen) atoms. The molecule has 1 aliphatic carbocycles. The molecule has 0 amide bonds. The van der Waals surface area contributed by atoms with Gasteiger partial charge in [-0.25, -0.2) is 0 Å². The zero-order valence-corrected chi connectivity index (χ0v) is 30.0. The summed E-state index contributed by atoms with van der Waals surface area (Å²) in [6, 6.07) is 60.0. The van der Waals surface area contributed by atoms with Gasteiger partial charge in [0.2, 0.25) is 0 Å². The summed E-state index contributed by atoms with van der Waals surface area (Å²) in [6.07, 6.45) is 0. The Morgan fingerprint density at radius 2 is 1.02 bits per heavy atom. The standard InChI is InChI=1S/C49H42N2/c1-48(2,3)42-31-30-41-46(47(42)51-44-22-14-12-20-38(44)39-21-13-15-23-45(39)51)40-29-28-37(32-43(40)49(41,4)5)50(35-18-10-7-11-19-35)36-26-24-34(25-27-36)33-16-8-6-9-17-33/h6-32H,1-5H3. The molecule has 7 aromatic carbocycles. The summed E-state index contributed by atoms with van der Waals surface area (Å²) >= 11 is 0. The molecule has 9 rings (SSSR count). The molecule has 0 bridgehead atoms. The normalized spacial score (nSPS) is 13.4. The second-order valence-corrected chi connectivity index (χ2v) is 15.4. The van der Waals surface area contributed by atoms with Crippen molar-refractivity contribution in [3.63, 3.8) is 0 Å². The van der Waals surface area contributed by atoms with Gasteiger partial charge >= 0.3 is 0 Å². The summed E-state index contributed by atoms with van der Waals surface area (Å²) in [7, 11) is 0. The van der Waals surface area contributed by atoms with Gasteiger partial charge in [-0.3, -0.25) is 0 Å². The molecule has 1 aromatic heterocycles. The molecule has 0 N–H and O–H groups in total. The van der Waals surface area contributed by atoms with Crippen LogP contribution in [0.25, 0.3) is 49.7 Å². The van der Waals surface area contributed by atoms with Crippen LogP contribution >= 0.6 is 0 Å². The number of hydrogen-bond donors (Lipinski definition) is 0. The quantitative estimate of drug-likeness (QED) is 0.179. The lowest BCUT2D eigenvalue weighted by Crippen LogP contribution is -2.19. The van der Waals surface area contributed by atoms with Gasteiger partial charge in [-0.05, 0) is 87.3 Å². The van der Waals surface area contributed by atoms with Crippen molar-refractivity contribution >= 4 is 38.9 Å². The van der Waals surface area contributed by atoms with E-state index >= 15 is 0 Å². The van der Waals surface area contributed by atoms with Crippen LogP contribution in [0.15, 0.2) is 164 Å². The Labute approximate surface area is 301 Å². The van der Waals surface area contributed by atoms with Crippen molar-refractivity contribution in [1.29, 1.82) is 0 Å². The van der Waals surface area contributed by atoms with Crippen LogP contribution in [0.5, 0.6) is 0 Å². The lowest BCUT2D eigenvalue weighted by molar-refractivity contribution is 0.586. The van der Waals surface area contributed by atoms with E-state index in [0.717, 1.165) is 17.1 Å². The molecule has 0 radical (unpaired) electrons. The molecule has 1 heterocycles. The fraction of sp³-hybridized carbons (Fsp3) is 0.143. The first-order chi connectivity index (χ1) is 24.7. The van der Waals surface area contributed by atoms with Crippen LogP contribution in [0, 0.1) is 0 Å². The minimum Gasteiger partial charge on any atom is -0.310 e. The Morgan fingerprint density at radius 1 is 0.490 bits per heavy atom. The lowest BCUT2D eigenvalue weighted by atomic mass is 9.79.